The van der Waals surface area contributed by atoms with Gasteiger partial charge in [-0.2, -0.15) is 4.31 Å². The lowest BCUT2D eigenvalue weighted by atomic mass is 10.1. The smallest absolute Gasteiger partial charge is 0.243 e. The van der Waals surface area contributed by atoms with E-state index in [1.807, 2.05) is 0 Å². The molecule has 1 aliphatic rings. The first-order chi connectivity index (χ1) is 11.2. The van der Waals surface area contributed by atoms with Crippen LogP contribution in [0.1, 0.15) is 19.8 Å². The van der Waals surface area contributed by atoms with Crippen LogP contribution >= 0.6 is 0 Å². The average Bonchev–Trinajstić information content (AvgIpc) is 2.55. The lowest BCUT2D eigenvalue weighted by molar-refractivity contribution is 0.316. The third kappa shape index (κ3) is 4.92. The maximum absolute atomic E-state index is 12.6. The molecule has 0 saturated carbocycles. The van der Waals surface area contributed by atoms with Crippen molar-refractivity contribution in [2.45, 2.75) is 30.7 Å². The minimum Gasteiger partial charge on any atom is -0.493 e. The molecule has 24 heavy (non-hydrogen) atoms. The molecule has 1 atom stereocenters. The maximum Gasteiger partial charge on any atom is 0.243 e. The second kappa shape index (κ2) is 7.81. The minimum absolute atomic E-state index is 0.0449. The fraction of sp³-hybridized carbons (Fsp3) is 0.600. The Kier molecular flexibility index (Phi) is 6.24. The highest BCUT2D eigenvalue weighted by atomic mass is 32.2. The van der Waals surface area contributed by atoms with Gasteiger partial charge in [-0.15, -0.1) is 0 Å². The Morgan fingerprint density at radius 2 is 1.88 bits per heavy atom. The summed E-state index contributed by atoms with van der Waals surface area (Å²) >= 11 is 0. The molecule has 0 aromatic heterocycles. The SMILES string of the molecule is CCS(=O)(=O)CCOc1ccc(S(=O)(=O)N2CCCC(N)C2)cc1. The van der Waals surface area contributed by atoms with E-state index in [4.69, 9.17) is 10.5 Å². The second-order valence-corrected chi connectivity index (χ2v) is 10.2. The van der Waals surface area contributed by atoms with Crippen molar-refractivity contribution in [1.82, 2.24) is 4.31 Å². The number of nitrogens with two attached hydrogens (primary N) is 1. The topological polar surface area (TPSA) is 107 Å². The number of ether oxygens (including phenoxy) is 1. The van der Waals surface area contributed by atoms with Gasteiger partial charge in [-0.1, -0.05) is 6.92 Å². The Labute approximate surface area is 143 Å². The van der Waals surface area contributed by atoms with Gasteiger partial charge < -0.3 is 10.5 Å². The van der Waals surface area contributed by atoms with Gasteiger partial charge in [-0.25, -0.2) is 16.8 Å². The van der Waals surface area contributed by atoms with E-state index in [1.165, 1.54) is 28.6 Å². The van der Waals surface area contributed by atoms with Gasteiger partial charge in [0, 0.05) is 24.9 Å². The number of piperidine rings is 1. The van der Waals surface area contributed by atoms with Crippen molar-refractivity contribution in [3.05, 3.63) is 24.3 Å². The first-order valence-corrected chi connectivity index (χ1v) is 11.2. The molecule has 1 aliphatic heterocycles. The molecule has 2 rings (SSSR count). The first-order valence-electron chi connectivity index (χ1n) is 7.93. The first kappa shape index (κ1) is 19.2. The molecule has 0 aliphatic carbocycles. The Balaban J connectivity index is 2.00. The zero-order chi connectivity index (χ0) is 17.8. The molecule has 0 radical (unpaired) electrons. The normalized spacial score (nSPS) is 20.0. The van der Waals surface area contributed by atoms with Crippen LogP contribution < -0.4 is 10.5 Å². The fourth-order valence-electron chi connectivity index (χ4n) is 2.48. The summed E-state index contributed by atoms with van der Waals surface area (Å²) in [7, 11) is -6.64. The molecule has 136 valence electrons. The van der Waals surface area contributed by atoms with E-state index in [2.05, 4.69) is 0 Å². The largest absolute Gasteiger partial charge is 0.493 e. The van der Waals surface area contributed by atoms with Crippen LogP contribution in [0.25, 0.3) is 0 Å². The van der Waals surface area contributed by atoms with Gasteiger partial charge >= 0.3 is 0 Å². The highest BCUT2D eigenvalue weighted by Crippen LogP contribution is 2.22. The molecular weight excluding hydrogens is 352 g/mol. The lowest BCUT2D eigenvalue weighted by Gasteiger charge is -2.29. The van der Waals surface area contributed by atoms with Crippen molar-refractivity contribution >= 4 is 19.9 Å². The van der Waals surface area contributed by atoms with Crippen LogP contribution in [0.2, 0.25) is 0 Å². The van der Waals surface area contributed by atoms with E-state index >= 15 is 0 Å². The van der Waals surface area contributed by atoms with Crippen LogP contribution in [0.3, 0.4) is 0 Å². The van der Waals surface area contributed by atoms with Gasteiger partial charge in [0.25, 0.3) is 0 Å². The molecular formula is C15H24N2O5S2. The van der Waals surface area contributed by atoms with Crippen LogP contribution in [0, 0.1) is 0 Å². The lowest BCUT2D eigenvalue weighted by Crippen LogP contribution is -2.45. The molecule has 1 aromatic rings. The zero-order valence-corrected chi connectivity index (χ0v) is 15.4. The van der Waals surface area contributed by atoms with Crippen molar-refractivity contribution < 1.29 is 21.6 Å². The molecule has 0 bridgehead atoms. The van der Waals surface area contributed by atoms with Crippen molar-refractivity contribution in [2.75, 3.05) is 31.2 Å². The molecule has 1 heterocycles. The van der Waals surface area contributed by atoms with Crippen molar-refractivity contribution in [1.29, 1.82) is 0 Å². The molecule has 7 nitrogen and oxygen atoms in total. The predicted octanol–water partition coefficient (Wildman–Crippen LogP) is 0.612. The second-order valence-electron chi connectivity index (χ2n) is 5.82. The van der Waals surface area contributed by atoms with Crippen LogP contribution in [0.5, 0.6) is 5.75 Å². The average molecular weight is 377 g/mol. The Hall–Kier alpha value is -1.16. The summed E-state index contributed by atoms with van der Waals surface area (Å²) in [5.74, 6) is 0.455. The quantitative estimate of drug-likeness (QED) is 0.747. The number of sulfonamides is 1. The molecule has 1 fully saturated rings. The van der Waals surface area contributed by atoms with Gasteiger partial charge in [0.2, 0.25) is 10.0 Å². The monoisotopic (exact) mass is 376 g/mol. The number of rotatable bonds is 7. The van der Waals surface area contributed by atoms with Gasteiger partial charge in [0.05, 0.1) is 10.6 Å². The van der Waals surface area contributed by atoms with E-state index in [-0.39, 0.29) is 29.0 Å². The summed E-state index contributed by atoms with van der Waals surface area (Å²) in [6, 6.07) is 5.89. The molecule has 1 saturated heterocycles. The molecule has 1 aromatic carbocycles. The fourth-order valence-corrected chi connectivity index (χ4v) is 4.64. The summed E-state index contributed by atoms with van der Waals surface area (Å²) in [6.07, 6.45) is 1.59. The van der Waals surface area contributed by atoms with E-state index in [1.54, 1.807) is 6.92 Å². The number of nitrogens with zero attached hydrogens (tertiary/aromatic N) is 1. The highest BCUT2D eigenvalue weighted by molar-refractivity contribution is 7.91. The summed E-state index contributed by atoms with van der Waals surface area (Å²) < 4.78 is 54.7. The summed E-state index contributed by atoms with van der Waals surface area (Å²) in [6.45, 7) is 2.43. The predicted molar refractivity (Wildman–Crippen MR) is 92.2 cm³/mol. The third-order valence-electron chi connectivity index (χ3n) is 3.98. The summed E-state index contributed by atoms with van der Waals surface area (Å²) in [5.41, 5.74) is 5.85. The minimum atomic E-state index is -3.56. The molecule has 0 spiro atoms. The van der Waals surface area contributed by atoms with Crippen LogP contribution in [-0.4, -0.2) is 58.4 Å². The molecule has 9 heteroatoms. The molecule has 2 N–H and O–H groups in total. The molecule has 1 unspecified atom stereocenters. The number of hydrogen-bond donors (Lipinski definition) is 1. The number of hydrogen-bond acceptors (Lipinski definition) is 6. The van der Waals surface area contributed by atoms with Crippen molar-refractivity contribution in [3.63, 3.8) is 0 Å². The maximum atomic E-state index is 12.6. The van der Waals surface area contributed by atoms with E-state index in [9.17, 15) is 16.8 Å². The van der Waals surface area contributed by atoms with Crippen molar-refractivity contribution in [2.24, 2.45) is 5.73 Å². The third-order valence-corrected chi connectivity index (χ3v) is 7.53. The Bertz CT molecular complexity index is 745. The van der Waals surface area contributed by atoms with Crippen LogP contribution in [0.15, 0.2) is 29.2 Å². The number of sulfone groups is 1. The van der Waals surface area contributed by atoms with Gasteiger partial charge in [0.1, 0.15) is 12.4 Å². The summed E-state index contributed by atoms with van der Waals surface area (Å²) in [5, 5.41) is 0. The van der Waals surface area contributed by atoms with Crippen molar-refractivity contribution in [3.8, 4) is 5.75 Å². The summed E-state index contributed by atoms with van der Waals surface area (Å²) in [4.78, 5) is 0.185. The van der Waals surface area contributed by atoms with Crippen LogP contribution in [0.4, 0.5) is 0 Å². The Morgan fingerprint density at radius 3 is 2.46 bits per heavy atom. The molecule has 0 amide bonds. The van der Waals surface area contributed by atoms with E-state index in [0.717, 1.165) is 12.8 Å². The zero-order valence-electron chi connectivity index (χ0n) is 13.7. The van der Waals surface area contributed by atoms with E-state index in [0.29, 0.717) is 18.8 Å². The standard InChI is InChI=1S/C15H24N2O5S2/c1-2-23(18,19)11-10-22-14-5-7-15(8-6-14)24(20,21)17-9-3-4-13(16)12-17/h5-8,13H,2-4,9-12,16H2,1H3. The number of benzene rings is 1. The van der Waals surface area contributed by atoms with E-state index < -0.39 is 19.9 Å². The van der Waals surface area contributed by atoms with Gasteiger partial charge in [-0.05, 0) is 37.1 Å². The van der Waals surface area contributed by atoms with Gasteiger partial charge in [0.15, 0.2) is 9.84 Å². The Morgan fingerprint density at radius 1 is 1.21 bits per heavy atom. The van der Waals surface area contributed by atoms with Crippen LogP contribution in [-0.2, 0) is 19.9 Å². The van der Waals surface area contributed by atoms with Gasteiger partial charge in [-0.3, -0.25) is 0 Å². The highest BCUT2D eigenvalue weighted by Gasteiger charge is 2.28.